The summed E-state index contributed by atoms with van der Waals surface area (Å²) in [5.41, 5.74) is 2.04. The van der Waals surface area contributed by atoms with Gasteiger partial charge in [0.1, 0.15) is 0 Å². The lowest BCUT2D eigenvalue weighted by Gasteiger charge is -2.27. The Labute approximate surface area is 141 Å². The zero-order valence-electron chi connectivity index (χ0n) is 13.5. The van der Waals surface area contributed by atoms with Gasteiger partial charge in [0.25, 0.3) is 0 Å². The van der Waals surface area contributed by atoms with Crippen LogP contribution in [-0.2, 0) is 11.3 Å². The lowest BCUT2D eigenvalue weighted by Crippen LogP contribution is -2.43. The van der Waals surface area contributed by atoms with E-state index in [9.17, 15) is 9.90 Å². The maximum atomic E-state index is 12.5. The summed E-state index contributed by atoms with van der Waals surface area (Å²) in [5.74, 6) is -0.192. The third kappa shape index (κ3) is 4.88. The molecule has 0 aliphatic carbocycles. The maximum absolute atomic E-state index is 12.5. The first-order valence-electron chi connectivity index (χ1n) is 7.69. The standard InChI is InChI=1S/C18H20N4O2/c1-14(18(24)21-17-6-2-4-15(10-17)11-19)22(8-9-23)13-16-5-3-7-20-12-16/h2-7,10,12,14,23H,8-9,13H2,1H3,(H,21,24). The lowest BCUT2D eigenvalue weighted by atomic mass is 10.2. The van der Waals surface area contributed by atoms with Crippen molar-refractivity contribution in [1.82, 2.24) is 9.88 Å². The molecule has 2 rings (SSSR count). The van der Waals surface area contributed by atoms with Crippen LogP contribution in [0.15, 0.2) is 48.8 Å². The van der Waals surface area contributed by atoms with Crippen molar-refractivity contribution < 1.29 is 9.90 Å². The minimum absolute atomic E-state index is 0.0399. The number of anilines is 1. The number of nitrogens with zero attached hydrogens (tertiary/aromatic N) is 3. The lowest BCUT2D eigenvalue weighted by molar-refractivity contribution is -0.121. The number of carbonyl (C=O) groups excluding carboxylic acids is 1. The Morgan fingerprint density at radius 2 is 2.25 bits per heavy atom. The van der Waals surface area contributed by atoms with Crippen molar-refractivity contribution in [2.24, 2.45) is 0 Å². The minimum atomic E-state index is -0.442. The maximum Gasteiger partial charge on any atom is 0.241 e. The molecule has 0 saturated heterocycles. The number of carbonyl (C=O) groups is 1. The molecule has 1 atom stereocenters. The number of nitriles is 1. The van der Waals surface area contributed by atoms with Crippen molar-refractivity contribution in [3.05, 3.63) is 59.9 Å². The van der Waals surface area contributed by atoms with E-state index in [-0.39, 0.29) is 12.5 Å². The van der Waals surface area contributed by atoms with Gasteiger partial charge in [-0.15, -0.1) is 0 Å². The highest BCUT2D eigenvalue weighted by molar-refractivity contribution is 5.94. The zero-order valence-corrected chi connectivity index (χ0v) is 13.5. The van der Waals surface area contributed by atoms with Crippen LogP contribution in [0.2, 0.25) is 0 Å². The average molecular weight is 324 g/mol. The first-order valence-corrected chi connectivity index (χ1v) is 7.69. The number of benzene rings is 1. The Kier molecular flexibility index (Phi) is 6.43. The van der Waals surface area contributed by atoms with E-state index in [1.807, 2.05) is 23.1 Å². The summed E-state index contributed by atoms with van der Waals surface area (Å²) in [4.78, 5) is 18.4. The molecule has 0 fully saturated rings. The molecule has 1 unspecified atom stereocenters. The number of aliphatic hydroxyl groups excluding tert-OH is 1. The van der Waals surface area contributed by atoms with E-state index in [4.69, 9.17) is 5.26 Å². The minimum Gasteiger partial charge on any atom is -0.395 e. The zero-order chi connectivity index (χ0) is 17.4. The second-order valence-electron chi connectivity index (χ2n) is 5.41. The van der Waals surface area contributed by atoms with Gasteiger partial charge in [0.15, 0.2) is 0 Å². The van der Waals surface area contributed by atoms with Crippen molar-refractivity contribution in [2.75, 3.05) is 18.5 Å². The third-order valence-corrected chi connectivity index (χ3v) is 3.68. The van der Waals surface area contributed by atoms with Gasteiger partial charge < -0.3 is 10.4 Å². The van der Waals surface area contributed by atoms with Gasteiger partial charge in [-0.25, -0.2) is 0 Å². The molecule has 6 heteroatoms. The number of pyridine rings is 1. The summed E-state index contributed by atoms with van der Waals surface area (Å²) in [6.07, 6.45) is 3.43. The van der Waals surface area contributed by atoms with Gasteiger partial charge in [0.2, 0.25) is 5.91 Å². The Bertz CT molecular complexity index is 712. The molecule has 1 aromatic heterocycles. The summed E-state index contributed by atoms with van der Waals surface area (Å²) in [6.45, 7) is 2.64. The highest BCUT2D eigenvalue weighted by Crippen LogP contribution is 2.13. The molecule has 1 heterocycles. The van der Waals surface area contributed by atoms with E-state index in [1.165, 1.54) is 0 Å². The molecule has 0 saturated carbocycles. The fourth-order valence-corrected chi connectivity index (χ4v) is 2.34. The molecule has 6 nitrogen and oxygen atoms in total. The molecule has 1 aromatic carbocycles. The van der Waals surface area contributed by atoms with Crippen LogP contribution in [0.4, 0.5) is 5.69 Å². The van der Waals surface area contributed by atoms with Gasteiger partial charge in [-0.05, 0) is 36.8 Å². The second-order valence-corrected chi connectivity index (χ2v) is 5.41. The van der Waals surface area contributed by atoms with Crippen LogP contribution in [-0.4, -0.2) is 40.1 Å². The molecule has 1 amide bonds. The number of aliphatic hydroxyl groups is 1. The fraction of sp³-hybridized carbons (Fsp3) is 0.278. The first kappa shape index (κ1) is 17.6. The molecule has 2 aromatic rings. The van der Waals surface area contributed by atoms with Crippen molar-refractivity contribution >= 4 is 11.6 Å². The number of hydrogen-bond acceptors (Lipinski definition) is 5. The number of rotatable bonds is 7. The van der Waals surface area contributed by atoms with Gasteiger partial charge in [0, 0.05) is 31.2 Å². The third-order valence-electron chi connectivity index (χ3n) is 3.68. The predicted molar refractivity (Wildman–Crippen MR) is 91.0 cm³/mol. The second kappa shape index (κ2) is 8.77. The van der Waals surface area contributed by atoms with Crippen LogP contribution in [0.3, 0.4) is 0 Å². The van der Waals surface area contributed by atoms with Gasteiger partial charge >= 0.3 is 0 Å². The topological polar surface area (TPSA) is 89.2 Å². The van der Waals surface area contributed by atoms with E-state index in [0.29, 0.717) is 24.3 Å². The molecule has 24 heavy (non-hydrogen) atoms. The van der Waals surface area contributed by atoms with E-state index in [2.05, 4.69) is 10.3 Å². The van der Waals surface area contributed by atoms with E-state index >= 15 is 0 Å². The quantitative estimate of drug-likeness (QED) is 0.810. The highest BCUT2D eigenvalue weighted by atomic mass is 16.3. The summed E-state index contributed by atoms with van der Waals surface area (Å²) in [7, 11) is 0. The molecule has 0 spiro atoms. The molecule has 2 N–H and O–H groups in total. The molecular formula is C18H20N4O2. The molecular weight excluding hydrogens is 304 g/mol. The van der Waals surface area contributed by atoms with E-state index in [1.54, 1.807) is 43.6 Å². The summed E-state index contributed by atoms with van der Waals surface area (Å²) in [5, 5.41) is 21.0. The Morgan fingerprint density at radius 3 is 2.92 bits per heavy atom. The monoisotopic (exact) mass is 324 g/mol. The SMILES string of the molecule is CC(C(=O)Nc1cccc(C#N)c1)N(CCO)Cc1cccnc1. The van der Waals surface area contributed by atoms with Crippen LogP contribution in [0.5, 0.6) is 0 Å². The normalized spacial score (nSPS) is 11.8. The summed E-state index contributed by atoms with van der Waals surface area (Å²) < 4.78 is 0. The summed E-state index contributed by atoms with van der Waals surface area (Å²) in [6, 6.07) is 12.1. The Morgan fingerprint density at radius 1 is 1.42 bits per heavy atom. The smallest absolute Gasteiger partial charge is 0.241 e. The number of hydrogen-bond donors (Lipinski definition) is 2. The van der Waals surface area contributed by atoms with Crippen molar-refractivity contribution in [1.29, 1.82) is 5.26 Å². The van der Waals surface area contributed by atoms with Crippen LogP contribution >= 0.6 is 0 Å². The van der Waals surface area contributed by atoms with Crippen molar-refractivity contribution in [3.8, 4) is 6.07 Å². The predicted octanol–water partition coefficient (Wildman–Crippen LogP) is 1.77. The van der Waals surface area contributed by atoms with Crippen LogP contribution in [0.25, 0.3) is 0 Å². The Hall–Kier alpha value is -2.75. The van der Waals surface area contributed by atoms with Crippen LogP contribution < -0.4 is 5.32 Å². The van der Waals surface area contributed by atoms with Crippen molar-refractivity contribution in [3.63, 3.8) is 0 Å². The first-order chi connectivity index (χ1) is 11.6. The van der Waals surface area contributed by atoms with Gasteiger partial charge in [0.05, 0.1) is 24.3 Å². The van der Waals surface area contributed by atoms with Gasteiger partial charge in [-0.2, -0.15) is 5.26 Å². The summed E-state index contributed by atoms with van der Waals surface area (Å²) >= 11 is 0. The average Bonchev–Trinajstić information content (AvgIpc) is 2.61. The molecule has 0 bridgehead atoms. The van der Waals surface area contributed by atoms with Crippen molar-refractivity contribution in [2.45, 2.75) is 19.5 Å². The Balaban J connectivity index is 2.06. The number of amides is 1. The fourth-order valence-electron chi connectivity index (χ4n) is 2.34. The number of aromatic nitrogens is 1. The van der Waals surface area contributed by atoms with Crippen LogP contribution in [0.1, 0.15) is 18.1 Å². The number of nitrogens with one attached hydrogen (secondary N) is 1. The van der Waals surface area contributed by atoms with E-state index in [0.717, 1.165) is 5.56 Å². The van der Waals surface area contributed by atoms with Gasteiger partial charge in [-0.3, -0.25) is 14.7 Å². The largest absolute Gasteiger partial charge is 0.395 e. The molecule has 0 radical (unpaired) electrons. The highest BCUT2D eigenvalue weighted by Gasteiger charge is 2.21. The van der Waals surface area contributed by atoms with Gasteiger partial charge in [-0.1, -0.05) is 12.1 Å². The van der Waals surface area contributed by atoms with E-state index < -0.39 is 6.04 Å². The molecule has 124 valence electrons. The van der Waals surface area contributed by atoms with Crippen LogP contribution in [0, 0.1) is 11.3 Å². The molecule has 0 aliphatic rings. The molecule has 0 aliphatic heterocycles.